The van der Waals surface area contributed by atoms with E-state index < -0.39 is 0 Å². The maximum absolute atomic E-state index is 13.0. The zero-order valence-electron chi connectivity index (χ0n) is 12.4. The van der Waals surface area contributed by atoms with Crippen LogP contribution in [-0.2, 0) is 4.74 Å². The van der Waals surface area contributed by atoms with Crippen LogP contribution in [-0.4, -0.2) is 35.9 Å². The summed E-state index contributed by atoms with van der Waals surface area (Å²) in [6, 6.07) is 5.72. The number of carbonyl (C=O) groups is 1. The summed E-state index contributed by atoms with van der Waals surface area (Å²) in [5, 5.41) is 7.23. The minimum atomic E-state index is -0.347. The molecule has 0 aliphatic carbocycles. The first-order valence-corrected chi connectivity index (χ1v) is 7.20. The number of nitrogens with zero attached hydrogens (tertiary/aromatic N) is 2. The lowest BCUT2D eigenvalue weighted by atomic mass is 10.2. The van der Waals surface area contributed by atoms with Crippen molar-refractivity contribution in [1.82, 2.24) is 15.1 Å². The Kier molecular flexibility index (Phi) is 5.51. The Labute approximate surface area is 133 Å². The smallest absolute Gasteiger partial charge is 0.256 e. The molecule has 0 saturated heterocycles. The molecule has 0 aliphatic rings. The molecule has 2 aromatic rings. The molecule has 0 radical (unpaired) electrons. The molecular formula is C15H17ClFN3O2. The van der Waals surface area contributed by atoms with E-state index in [4.69, 9.17) is 16.3 Å². The SMILES string of the molecule is COCCCNC(=O)c1c(C)nn(-c2ccc(F)cc2)c1Cl. The molecule has 22 heavy (non-hydrogen) atoms. The molecule has 118 valence electrons. The minimum Gasteiger partial charge on any atom is -0.385 e. The van der Waals surface area contributed by atoms with E-state index in [1.807, 2.05) is 0 Å². The number of aryl methyl sites for hydroxylation is 1. The van der Waals surface area contributed by atoms with Crippen LogP contribution in [0.25, 0.3) is 5.69 Å². The van der Waals surface area contributed by atoms with Gasteiger partial charge in [0.05, 0.1) is 16.9 Å². The second-order valence-electron chi connectivity index (χ2n) is 4.74. The number of hydrogen-bond donors (Lipinski definition) is 1. The van der Waals surface area contributed by atoms with E-state index in [0.717, 1.165) is 0 Å². The van der Waals surface area contributed by atoms with E-state index in [9.17, 15) is 9.18 Å². The number of ether oxygens (including phenoxy) is 1. The molecule has 1 heterocycles. The summed E-state index contributed by atoms with van der Waals surface area (Å²) >= 11 is 6.26. The van der Waals surface area contributed by atoms with Gasteiger partial charge in [-0.1, -0.05) is 11.6 Å². The fraction of sp³-hybridized carbons (Fsp3) is 0.333. The van der Waals surface area contributed by atoms with Gasteiger partial charge in [-0.3, -0.25) is 4.79 Å². The highest BCUT2D eigenvalue weighted by Gasteiger charge is 2.20. The zero-order chi connectivity index (χ0) is 16.1. The van der Waals surface area contributed by atoms with Crippen LogP contribution in [0.4, 0.5) is 4.39 Å². The number of carbonyl (C=O) groups excluding carboxylic acids is 1. The molecule has 7 heteroatoms. The minimum absolute atomic E-state index is 0.202. The van der Waals surface area contributed by atoms with Crippen molar-refractivity contribution < 1.29 is 13.9 Å². The van der Waals surface area contributed by atoms with Gasteiger partial charge in [-0.05, 0) is 37.6 Å². The summed E-state index contributed by atoms with van der Waals surface area (Å²) in [5.41, 5.74) is 1.43. The Morgan fingerprint density at radius 1 is 1.41 bits per heavy atom. The summed E-state index contributed by atoms with van der Waals surface area (Å²) in [6.07, 6.45) is 0.713. The van der Waals surface area contributed by atoms with Crippen LogP contribution in [0.15, 0.2) is 24.3 Å². The number of amides is 1. The number of nitrogens with one attached hydrogen (secondary N) is 1. The Balaban J connectivity index is 2.20. The predicted molar refractivity (Wildman–Crippen MR) is 82.1 cm³/mol. The number of rotatable bonds is 6. The second-order valence-corrected chi connectivity index (χ2v) is 5.10. The monoisotopic (exact) mass is 325 g/mol. The van der Waals surface area contributed by atoms with Crippen molar-refractivity contribution in [2.75, 3.05) is 20.3 Å². The normalized spacial score (nSPS) is 10.7. The number of benzene rings is 1. The molecule has 0 atom stereocenters. The summed E-state index contributed by atoms with van der Waals surface area (Å²) in [6.45, 7) is 2.77. The van der Waals surface area contributed by atoms with Crippen LogP contribution < -0.4 is 5.32 Å². The summed E-state index contributed by atoms with van der Waals surface area (Å²) in [4.78, 5) is 12.2. The molecule has 0 saturated carbocycles. The van der Waals surface area contributed by atoms with Crippen molar-refractivity contribution >= 4 is 17.5 Å². The first kappa shape index (κ1) is 16.5. The fourth-order valence-electron chi connectivity index (χ4n) is 2.02. The molecule has 1 amide bonds. The van der Waals surface area contributed by atoms with Crippen molar-refractivity contribution in [3.05, 3.63) is 46.5 Å². The van der Waals surface area contributed by atoms with Gasteiger partial charge in [-0.15, -0.1) is 0 Å². The third-order valence-electron chi connectivity index (χ3n) is 3.11. The number of halogens is 2. The number of hydrogen-bond acceptors (Lipinski definition) is 3. The van der Waals surface area contributed by atoms with Gasteiger partial charge in [0, 0.05) is 20.3 Å². The van der Waals surface area contributed by atoms with Gasteiger partial charge in [0.25, 0.3) is 5.91 Å². The van der Waals surface area contributed by atoms with Gasteiger partial charge in [0.2, 0.25) is 0 Å². The molecule has 0 fully saturated rings. The highest BCUT2D eigenvalue weighted by molar-refractivity contribution is 6.33. The Bertz CT molecular complexity index is 656. The molecule has 1 aromatic carbocycles. The molecule has 1 N–H and O–H groups in total. The van der Waals surface area contributed by atoms with E-state index in [-0.39, 0.29) is 16.9 Å². The van der Waals surface area contributed by atoms with Crippen LogP contribution in [0.2, 0.25) is 5.15 Å². The van der Waals surface area contributed by atoms with Crippen molar-refractivity contribution in [2.45, 2.75) is 13.3 Å². The molecule has 2 rings (SSSR count). The van der Waals surface area contributed by atoms with Crippen LogP contribution >= 0.6 is 11.6 Å². The van der Waals surface area contributed by atoms with Gasteiger partial charge < -0.3 is 10.1 Å². The van der Waals surface area contributed by atoms with Gasteiger partial charge >= 0.3 is 0 Å². The lowest BCUT2D eigenvalue weighted by Crippen LogP contribution is -2.25. The van der Waals surface area contributed by atoms with Crippen LogP contribution in [0.3, 0.4) is 0 Å². The second kappa shape index (κ2) is 7.38. The van der Waals surface area contributed by atoms with E-state index in [1.54, 1.807) is 26.2 Å². The summed E-state index contributed by atoms with van der Waals surface area (Å²) in [5.74, 6) is -0.633. The van der Waals surface area contributed by atoms with E-state index >= 15 is 0 Å². The molecular weight excluding hydrogens is 309 g/mol. The molecule has 0 aliphatic heterocycles. The average molecular weight is 326 g/mol. The number of aromatic nitrogens is 2. The van der Waals surface area contributed by atoms with E-state index in [2.05, 4.69) is 10.4 Å². The van der Waals surface area contributed by atoms with Gasteiger partial charge in [-0.2, -0.15) is 5.10 Å². The van der Waals surface area contributed by atoms with Crippen molar-refractivity contribution in [1.29, 1.82) is 0 Å². The number of methoxy groups -OCH3 is 1. The third kappa shape index (κ3) is 3.64. The quantitative estimate of drug-likeness (QED) is 0.831. The first-order valence-electron chi connectivity index (χ1n) is 6.82. The zero-order valence-corrected chi connectivity index (χ0v) is 13.2. The van der Waals surface area contributed by atoms with Crippen LogP contribution in [0.5, 0.6) is 0 Å². The summed E-state index contributed by atoms with van der Waals surface area (Å²) < 4.78 is 19.3. The highest BCUT2D eigenvalue weighted by Crippen LogP contribution is 2.23. The van der Waals surface area contributed by atoms with Crippen LogP contribution in [0, 0.1) is 12.7 Å². The largest absolute Gasteiger partial charge is 0.385 e. The maximum atomic E-state index is 13.0. The summed E-state index contributed by atoms with van der Waals surface area (Å²) in [7, 11) is 1.61. The Hall–Kier alpha value is -1.92. The average Bonchev–Trinajstić information content (AvgIpc) is 2.79. The Morgan fingerprint density at radius 3 is 2.73 bits per heavy atom. The lowest BCUT2D eigenvalue weighted by molar-refractivity contribution is 0.0948. The standard InChI is InChI=1S/C15H17ClFN3O2/c1-10-13(15(21)18-8-3-9-22-2)14(16)20(19-10)12-6-4-11(17)5-7-12/h4-7H,3,8-9H2,1-2H3,(H,18,21). The molecule has 5 nitrogen and oxygen atoms in total. The maximum Gasteiger partial charge on any atom is 0.256 e. The lowest BCUT2D eigenvalue weighted by Gasteiger charge is -2.05. The molecule has 0 bridgehead atoms. The molecule has 0 unspecified atom stereocenters. The van der Waals surface area contributed by atoms with Gasteiger partial charge in [0.1, 0.15) is 11.0 Å². The highest BCUT2D eigenvalue weighted by atomic mass is 35.5. The third-order valence-corrected chi connectivity index (χ3v) is 3.46. The van der Waals surface area contributed by atoms with Crippen LogP contribution in [0.1, 0.15) is 22.5 Å². The molecule has 1 aromatic heterocycles. The molecule has 0 spiro atoms. The van der Waals surface area contributed by atoms with E-state index in [0.29, 0.717) is 36.5 Å². The topological polar surface area (TPSA) is 56.1 Å². The van der Waals surface area contributed by atoms with Crippen molar-refractivity contribution in [3.8, 4) is 5.69 Å². The van der Waals surface area contributed by atoms with Gasteiger partial charge in [-0.25, -0.2) is 9.07 Å². The predicted octanol–water partition coefficient (Wildman–Crippen LogP) is 2.74. The Morgan fingerprint density at radius 2 is 2.09 bits per heavy atom. The first-order chi connectivity index (χ1) is 10.5. The van der Waals surface area contributed by atoms with Gasteiger partial charge in [0.15, 0.2) is 0 Å². The van der Waals surface area contributed by atoms with E-state index in [1.165, 1.54) is 16.8 Å². The van der Waals surface area contributed by atoms with Crippen molar-refractivity contribution in [3.63, 3.8) is 0 Å². The fourth-order valence-corrected chi connectivity index (χ4v) is 2.38. The van der Waals surface area contributed by atoms with Crippen molar-refractivity contribution in [2.24, 2.45) is 0 Å².